The molecule has 2 saturated heterocycles. The number of halogens is 2. The Bertz CT molecular complexity index is 131. The molecule has 0 N–H and O–H groups in total. The van der Waals surface area contributed by atoms with Crippen LogP contribution in [0.4, 0.5) is 8.78 Å². The highest BCUT2D eigenvalue weighted by Gasteiger charge is 2.41. The van der Waals surface area contributed by atoms with Gasteiger partial charge in [0.1, 0.15) is 12.2 Å². The number of epoxide rings is 2. The summed E-state index contributed by atoms with van der Waals surface area (Å²) < 4.78 is 38.6. The fourth-order valence-electron chi connectivity index (χ4n) is 0.713. The Morgan fingerprint density at radius 3 is 1.73 bits per heavy atom. The summed E-state index contributed by atoms with van der Waals surface area (Å²) in [6.45, 7) is 0.638. The molecule has 64 valence electrons. The first-order valence-corrected chi connectivity index (χ1v) is 3.44. The molecule has 0 aromatic carbocycles. The lowest BCUT2D eigenvalue weighted by atomic mass is 10.4. The van der Waals surface area contributed by atoms with Crippen LogP contribution < -0.4 is 0 Å². The lowest BCUT2D eigenvalue weighted by Crippen LogP contribution is -2.23. The molecule has 4 unspecified atom stereocenters. The molecule has 2 heterocycles. The van der Waals surface area contributed by atoms with E-state index < -0.39 is 24.9 Å². The highest BCUT2D eigenvalue weighted by molar-refractivity contribution is 4.77. The van der Waals surface area contributed by atoms with Crippen molar-refractivity contribution in [2.45, 2.75) is 24.9 Å². The van der Waals surface area contributed by atoms with Crippen LogP contribution in [0.2, 0.25) is 0 Å². The van der Waals surface area contributed by atoms with E-state index in [1.165, 1.54) is 0 Å². The second kappa shape index (κ2) is 2.66. The molecule has 0 spiro atoms. The number of hydrogen-bond donors (Lipinski definition) is 0. The monoisotopic (exact) mass is 166 g/mol. The van der Waals surface area contributed by atoms with E-state index >= 15 is 0 Å². The second-order valence-corrected chi connectivity index (χ2v) is 2.58. The third kappa shape index (κ3) is 1.85. The van der Waals surface area contributed by atoms with E-state index in [0.717, 1.165) is 0 Å². The molecular formula is C6H8F2O3. The number of ether oxygens (including phenoxy) is 3. The lowest BCUT2D eigenvalue weighted by Gasteiger charge is -2.08. The van der Waals surface area contributed by atoms with Crippen molar-refractivity contribution in [3.8, 4) is 0 Å². The summed E-state index contributed by atoms with van der Waals surface area (Å²) in [6, 6.07) is 0. The van der Waals surface area contributed by atoms with Crippen LogP contribution in [0.5, 0.6) is 0 Å². The first-order chi connectivity index (χ1) is 5.27. The summed E-state index contributed by atoms with van der Waals surface area (Å²) in [7, 11) is 0. The zero-order valence-corrected chi connectivity index (χ0v) is 5.70. The predicted molar refractivity (Wildman–Crippen MR) is 30.4 cm³/mol. The van der Waals surface area contributed by atoms with Crippen molar-refractivity contribution in [1.29, 1.82) is 0 Å². The summed E-state index contributed by atoms with van der Waals surface area (Å²) in [5.74, 6) is 0. The van der Waals surface area contributed by atoms with Crippen LogP contribution in [0.25, 0.3) is 0 Å². The molecule has 0 radical (unpaired) electrons. The van der Waals surface area contributed by atoms with Gasteiger partial charge in [-0.1, -0.05) is 0 Å². The van der Waals surface area contributed by atoms with Gasteiger partial charge >= 0.3 is 0 Å². The van der Waals surface area contributed by atoms with Gasteiger partial charge in [0.05, 0.1) is 13.2 Å². The molecule has 5 heteroatoms. The maximum Gasteiger partial charge on any atom is 0.230 e. The van der Waals surface area contributed by atoms with Crippen molar-refractivity contribution < 1.29 is 23.0 Å². The molecule has 2 aliphatic rings. The largest absolute Gasteiger partial charge is 0.367 e. The third-order valence-corrected chi connectivity index (χ3v) is 1.56. The van der Waals surface area contributed by atoms with Gasteiger partial charge in [-0.15, -0.1) is 0 Å². The van der Waals surface area contributed by atoms with Gasteiger partial charge in [0, 0.05) is 0 Å². The number of alkyl halides is 2. The zero-order valence-electron chi connectivity index (χ0n) is 5.70. The van der Waals surface area contributed by atoms with Gasteiger partial charge in [-0.3, -0.25) is 0 Å². The van der Waals surface area contributed by atoms with Gasteiger partial charge in [0.2, 0.25) is 12.7 Å². The van der Waals surface area contributed by atoms with E-state index in [0.29, 0.717) is 13.2 Å². The van der Waals surface area contributed by atoms with E-state index in [-0.39, 0.29) is 0 Å². The molecule has 0 amide bonds. The minimum Gasteiger partial charge on any atom is -0.367 e. The SMILES string of the molecule is FC(OC(F)C1CO1)C1CO1. The summed E-state index contributed by atoms with van der Waals surface area (Å²) in [6.07, 6.45) is -4.41. The normalized spacial score (nSPS) is 39.8. The van der Waals surface area contributed by atoms with Crippen LogP contribution in [0.1, 0.15) is 0 Å². The van der Waals surface area contributed by atoms with E-state index in [1.807, 2.05) is 0 Å². The summed E-state index contributed by atoms with van der Waals surface area (Å²) >= 11 is 0. The topological polar surface area (TPSA) is 34.3 Å². The van der Waals surface area contributed by atoms with Gasteiger partial charge in [-0.05, 0) is 0 Å². The molecule has 4 atom stereocenters. The second-order valence-electron chi connectivity index (χ2n) is 2.58. The van der Waals surface area contributed by atoms with E-state index in [9.17, 15) is 8.78 Å². The molecule has 2 fully saturated rings. The highest BCUT2D eigenvalue weighted by atomic mass is 19.2. The molecule has 3 nitrogen and oxygen atoms in total. The van der Waals surface area contributed by atoms with E-state index in [4.69, 9.17) is 0 Å². The highest BCUT2D eigenvalue weighted by Crippen LogP contribution is 2.24. The summed E-state index contributed by atoms with van der Waals surface area (Å²) in [5, 5.41) is 0. The standard InChI is InChI=1S/C6H8F2O3/c7-5(3-1-9-3)11-6(8)4-2-10-4/h3-6H,1-2H2. The Labute approximate surface area is 62.2 Å². The lowest BCUT2D eigenvalue weighted by molar-refractivity contribution is -0.155. The third-order valence-electron chi connectivity index (χ3n) is 1.56. The number of hydrogen-bond acceptors (Lipinski definition) is 3. The molecule has 0 bridgehead atoms. The molecule has 2 aliphatic heterocycles. The van der Waals surface area contributed by atoms with Crippen molar-refractivity contribution in [3.63, 3.8) is 0 Å². The van der Waals surface area contributed by atoms with Crippen LogP contribution in [0.15, 0.2) is 0 Å². The van der Waals surface area contributed by atoms with Crippen molar-refractivity contribution in [2.24, 2.45) is 0 Å². The van der Waals surface area contributed by atoms with Crippen molar-refractivity contribution in [3.05, 3.63) is 0 Å². The first-order valence-electron chi connectivity index (χ1n) is 3.44. The van der Waals surface area contributed by atoms with Gasteiger partial charge in [0.15, 0.2) is 0 Å². The Morgan fingerprint density at radius 2 is 1.45 bits per heavy atom. The fraction of sp³-hybridized carbons (Fsp3) is 1.00. The van der Waals surface area contributed by atoms with Gasteiger partial charge in [-0.2, -0.15) is 0 Å². The van der Waals surface area contributed by atoms with Gasteiger partial charge in [0.25, 0.3) is 0 Å². The van der Waals surface area contributed by atoms with Gasteiger partial charge < -0.3 is 14.2 Å². The maximum absolute atomic E-state index is 12.6. The molecular weight excluding hydrogens is 158 g/mol. The Balaban J connectivity index is 1.69. The Kier molecular flexibility index (Phi) is 1.78. The molecule has 0 saturated carbocycles. The van der Waals surface area contributed by atoms with Crippen LogP contribution >= 0.6 is 0 Å². The molecule has 11 heavy (non-hydrogen) atoms. The summed E-state index contributed by atoms with van der Waals surface area (Å²) in [4.78, 5) is 0. The van der Waals surface area contributed by atoms with E-state index in [1.54, 1.807) is 0 Å². The maximum atomic E-state index is 12.6. The average Bonchev–Trinajstić information content (AvgIpc) is 2.84. The van der Waals surface area contributed by atoms with Crippen molar-refractivity contribution in [2.75, 3.05) is 13.2 Å². The molecule has 2 rings (SSSR count). The van der Waals surface area contributed by atoms with Crippen LogP contribution in [0.3, 0.4) is 0 Å². The average molecular weight is 166 g/mol. The smallest absolute Gasteiger partial charge is 0.230 e. The van der Waals surface area contributed by atoms with Crippen molar-refractivity contribution >= 4 is 0 Å². The van der Waals surface area contributed by atoms with Crippen LogP contribution in [-0.4, -0.2) is 38.1 Å². The van der Waals surface area contributed by atoms with E-state index in [2.05, 4.69) is 14.2 Å². The Hall–Kier alpha value is -0.260. The molecule has 0 aromatic rings. The molecule has 0 aromatic heterocycles. The quantitative estimate of drug-likeness (QED) is 0.566. The fourth-order valence-corrected chi connectivity index (χ4v) is 0.713. The zero-order chi connectivity index (χ0) is 7.84. The van der Waals surface area contributed by atoms with Crippen LogP contribution in [0, 0.1) is 0 Å². The van der Waals surface area contributed by atoms with Crippen LogP contribution in [-0.2, 0) is 14.2 Å². The van der Waals surface area contributed by atoms with Gasteiger partial charge in [-0.25, -0.2) is 8.78 Å². The minimum atomic E-state index is -1.64. The number of rotatable bonds is 4. The minimum absolute atomic E-state index is 0.319. The van der Waals surface area contributed by atoms with Crippen molar-refractivity contribution in [1.82, 2.24) is 0 Å². The summed E-state index contributed by atoms with van der Waals surface area (Å²) in [5.41, 5.74) is 0. The molecule has 0 aliphatic carbocycles. The predicted octanol–water partition coefficient (Wildman–Crippen LogP) is 0.392. The first kappa shape index (κ1) is 7.39. The Morgan fingerprint density at radius 1 is 1.09 bits per heavy atom.